The van der Waals surface area contributed by atoms with Crippen molar-refractivity contribution in [1.29, 1.82) is 0 Å². The maximum Gasteiger partial charge on any atom is -0.00294 e. The molecule has 1 aliphatic rings. The summed E-state index contributed by atoms with van der Waals surface area (Å²) in [4.78, 5) is 0. The lowest BCUT2D eigenvalue weighted by atomic mass is 9.72. The van der Waals surface area contributed by atoms with Gasteiger partial charge in [-0.25, -0.2) is 0 Å². The second-order valence-corrected chi connectivity index (χ2v) is 7.15. The fourth-order valence-electron chi connectivity index (χ4n) is 4.32. The molecule has 0 bridgehead atoms. The molecular formula is C22H18. The van der Waals surface area contributed by atoms with Crippen LogP contribution in [0.25, 0.3) is 38.4 Å². The Morgan fingerprint density at radius 1 is 0.727 bits per heavy atom. The summed E-state index contributed by atoms with van der Waals surface area (Å²) in [5.41, 5.74) is 1.72. The highest BCUT2D eigenvalue weighted by Gasteiger charge is 2.28. The first-order chi connectivity index (χ1) is 10.7. The van der Waals surface area contributed by atoms with Crippen LogP contribution in [-0.4, -0.2) is 0 Å². The number of fused-ring (bicyclic) bond motifs is 2. The first-order valence-corrected chi connectivity index (χ1v) is 8.03. The molecule has 0 aliphatic heterocycles. The van der Waals surface area contributed by atoms with Crippen molar-refractivity contribution in [2.75, 3.05) is 0 Å². The molecular weight excluding hydrogens is 264 g/mol. The molecule has 0 amide bonds. The van der Waals surface area contributed by atoms with E-state index in [-0.39, 0.29) is 5.41 Å². The van der Waals surface area contributed by atoms with Gasteiger partial charge in [0.25, 0.3) is 0 Å². The second kappa shape index (κ2) is 3.89. The molecule has 0 aromatic heterocycles. The first kappa shape index (κ1) is 12.2. The number of hydrogen-bond donors (Lipinski definition) is 0. The Kier molecular flexibility index (Phi) is 2.16. The van der Waals surface area contributed by atoms with Crippen molar-refractivity contribution >= 4 is 38.4 Å². The molecule has 106 valence electrons. The van der Waals surface area contributed by atoms with Crippen molar-refractivity contribution in [3.8, 4) is 0 Å². The molecule has 0 heterocycles. The highest BCUT2D eigenvalue weighted by atomic mass is 14.3. The van der Waals surface area contributed by atoms with Gasteiger partial charge in [0.2, 0.25) is 0 Å². The molecule has 0 saturated carbocycles. The van der Waals surface area contributed by atoms with Crippen LogP contribution in [0.5, 0.6) is 0 Å². The highest BCUT2D eigenvalue weighted by molar-refractivity contribution is 6.23. The van der Waals surface area contributed by atoms with Gasteiger partial charge in [0.15, 0.2) is 0 Å². The molecule has 0 radical (unpaired) electrons. The topological polar surface area (TPSA) is 0 Å². The average molecular weight is 282 g/mol. The highest BCUT2D eigenvalue weighted by Crippen LogP contribution is 2.43. The second-order valence-electron chi connectivity index (χ2n) is 7.15. The quantitative estimate of drug-likeness (QED) is 0.302. The van der Waals surface area contributed by atoms with Crippen LogP contribution in [-0.2, 0) is 5.41 Å². The lowest BCUT2D eigenvalue weighted by molar-refractivity contribution is 0.553. The van der Waals surface area contributed by atoms with Crippen LogP contribution in [0.3, 0.4) is 0 Å². The predicted octanol–water partition coefficient (Wildman–Crippen LogP) is 5.33. The first-order valence-electron chi connectivity index (χ1n) is 8.03. The van der Waals surface area contributed by atoms with Gasteiger partial charge in [0, 0.05) is 0 Å². The Morgan fingerprint density at radius 3 is 2.14 bits per heavy atom. The molecule has 0 nitrogen and oxygen atoms in total. The van der Waals surface area contributed by atoms with Gasteiger partial charge in [-0.1, -0.05) is 74.5 Å². The maximum atomic E-state index is 2.41. The molecule has 0 unspecified atom stereocenters. The van der Waals surface area contributed by atoms with E-state index in [1.165, 1.54) is 43.1 Å². The van der Waals surface area contributed by atoms with E-state index in [1.54, 1.807) is 0 Å². The molecule has 0 heteroatoms. The minimum Gasteiger partial charge on any atom is -0.0758 e. The van der Waals surface area contributed by atoms with Gasteiger partial charge < -0.3 is 0 Å². The Balaban J connectivity index is 2.25. The number of benzene rings is 4. The van der Waals surface area contributed by atoms with Crippen LogP contribution in [0.4, 0.5) is 0 Å². The molecule has 1 aliphatic carbocycles. The third kappa shape index (κ3) is 1.38. The minimum absolute atomic E-state index is 0.185. The molecule has 0 fully saturated rings. The monoisotopic (exact) mass is 282 g/mol. The van der Waals surface area contributed by atoms with Crippen LogP contribution in [0.1, 0.15) is 25.8 Å². The minimum atomic E-state index is 0.185. The Morgan fingerprint density at radius 2 is 1.36 bits per heavy atom. The third-order valence-corrected chi connectivity index (χ3v) is 5.32. The summed E-state index contributed by atoms with van der Waals surface area (Å²) in [6.07, 6.45) is 3.52. The van der Waals surface area contributed by atoms with E-state index in [9.17, 15) is 0 Å². The van der Waals surface area contributed by atoms with Crippen molar-refractivity contribution in [2.45, 2.75) is 25.7 Å². The van der Waals surface area contributed by atoms with E-state index in [1.807, 2.05) is 0 Å². The van der Waals surface area contributed by atoms with Gasteiger partial charge in [0.1, 0.15) is 0 Å². The van der Waals surface area contributed by atoms with E-state index >= 15 is 0 Å². The van der Waals surface area contributed by atoms with Crippen LogP contribution in [0.2, 0.25) is 0 Å². The fourth-order valence-corrected chi connectivity index (χ4v) is 4.32. The van der Waals surface area contributed by atoms with Crippen molar-refractivity contribution in [3.63, 3.8) is 0 Å². The van der Waals surface area contributed by atoms with Gasteiger partial charge in [-0.05, 0) is 54.9 Å². The zero-order chi connectivity index (χ0) is 14.9. The summed E-state index contributed by atoms with van der Waals surface area (Å²) in [6, 6.07) is 20.2. The van der Waals surface area contributed by atoms with E-state index in [2.05, 4.69) is 74.5 Å². The standard InChI is InChI=1S/C22H18/c1-22(2)13-12-15-8-4-10-17-16-9-3-6-14-7-5-11-18(19(14)16)21(22)20(15)17/h3-12H,13H2,1-2H3. The summed E-state index contributed by atoms with van der Waals surface area (Å²) in [7, 11) is 0. The zero-order valence-electron chi connectivity index (χ0n) is 13.0. The van der Waals surface area contributed by atoms with Gasteiger partial charge in [-0.3, -0.25) is 0 Å². The fraction of sp³-hybridized carbons (Fsp3) is 0.182. The van der Waals surface area contributed by atoms with Crippen molar-refractivity contribution < 1.29 is 0 Å². The van der Waals surface area contributed by atoms with E-state index in [0.29, 0.717) is 0 Å². The zero-order valence-corrected chi connectivity index (χ0v) is 13.0. The third-order valence-electron chi connectivity index (χ3n) is 5.32. The summed E-state index contributed by atoms with van der Waals surface area (Å²) in [6.45, 7) is 4.76. The molecule has 0 atom stereocenters. The van der Waals surface area contributed by atoms with E-state index < -0.39 is 0 Å². The predicted molar refractivity (Wildman–Crippen MR) is 96.3 cm³/mol. The Hall–Kier alpha value is -2.34. The smallest absolute Gasteiger partial charge is 0.00294 e. The van der Waals surface area contributed by atoms with Gasteiger partial charge in [0.05, 0.1) is 0 Å². The summed E-state index contributed by atoms with van der Waals surface area (Å²) >= 11 is 0. The van der Waals surface area contributed by atoms with Crippen LogP contribution in [0.15, 0.2) is 54.6 Å². The summed E-state index contributed by atoms with van der Waals surface area (Å²) < 4.78 is 0. The summed E-state index contributed by atoms with van der Waals surface area (Å²) in [5.74, 6) is 0. The molecule has 4 aromatic carbocycles. The molecule has 22 heavy (non-hydrogen) atoms. The van der Waals surface area contributed by atoms with Crippen molar-refractivity contribution in [2.24, 2.45) is 0 Å². The largest absolute Gasteiger partial charge is 0.0758 e. The van der Waals surface area contributed by atoms with E-state index in [4.69, 9.17) is 0 Å². The normalized spacial score (nSPS) is 16.3. The Bertz CT molecular complexity index is 1110. The van der Waals surface area contributed by atoms with Crippen molar-refractivity contribution in [3.05, 3.63) is 65.4 Å². The molecule has 4 aromatic rings. The summed E-state index contributed by atoms with van der Waals surface area (Å²) in [5, 5.41) is 9.87. The molecule has 0 saturated heterocycles. The van der Waals surface area contributed by atoms with Gasteiger partial charge >= 0.3 is 0 Å². The molecule has 0 spiro atoms. The SMILES string of the molecule is CC1(C)CC=c2cccc3c2c1c1cccc2cccc3c21. The lowest BCUT2D eigenvalue weighted by Crippen LogP contribution is -2.25. The van der Waals surface area contributed by atoms with Crippen LogP contribution < -0.4 is 5.22 Å². The number of hydrogen-bond acceptors (Lipinski definition) is 0. The maximum absolute atomic E-state index is 2.41. The molecule has 0 N–H and O–H groups in total. The average Bonchev–Trinajstić information content (AvgIpc) is 2.53. The number of rotatable bonds is 0. The Labute approximate surface area is 130 Å². The van der Waals surface area contributed by atoms with Gasteiger partial charge in [-0.2, -0.15) is 0 Å². The van der Waals surface area contributed by atoms with Crippen LogP contribution >= 0.6 is 0 Å². The lowest BCUT2D eigenvalue weighted by Gasteiger charge is -2.31. The van der Waals surface area contributed by atoms with Gasteiger partial charge in [-0.15, -0.1) is 0 Å². The van der Waals surface area contributed by atoms with Crippen molar-refractivity contribution in [1.82, 2.24) is 0 Å². The molecule has 5 rings (SSSR count). The van der Waals surface area contributed by atoms with Crippen LogP contribution in [0, 0.1) is 0 Å². The van der Waals surface area contributed by atoms with E-state index in [0.717, 1.165) is 6.42 Å².